The molecular formula is C25H28BrFN4O5S. The summed E-state index contributed by atoms with van der Waals surface area (Å²) in [6.45, 7) is 3.42. The highest BCUT2D eigenvalue weighted by Gasteiger charge is 2.35. The lowest BCUT2D eigenvalue weighted by Crippen LogP contribution is -2.48. The van der Waals surface area contributed by atoms with E-state index in [9.17, 15) is 14.0 Å². The SMILES string of the molecule is CCOC(=O)C1=C(CN2CCOC(C(=O)CCCO)C2)NC(c2nccs2)=NC1c1ccc(F)cc1Br. The van der Waals surface area contributed by atoms with Crippen LogP contribution in [0, 0.1) is 5.82 Å². The number of thiazole rings is 1. The molecule has 0 amide bonds. The van der Waals surface area contributed by atoms with Gasteiger partial charge in [0.25, 0.3) is 0 Å². The molecule has 3 heterocycles. The second-order valence-corrected chi connectivity index (χ2v) is 10.3. The Bertz CT molecular complexity index is 1190. The number of aromatic nitrogens is 1. The van der Waals surface area contributed by atoms with Crippen molar-refractivity contribution in [2.45, 2.75) is 31.9 Å². The van der Waals surface area contributed by atoms with E-state index in [0.29, 0.717) is 64.8 Å². The Morgan fingerprint density at radius 1 is 1.41 bits per heavy atom. The number of morpholine rings is 1. The van der Waals surface area contributed by atoms with Crippen molar-refractivity contribution in [3.05, 3.63) is 61.9 Å². The minimum Gasteiger partial charge on any atom is -0.463 e. The fraction of sp³-hybridized carbons (Fsp3) is 0.440. The standard InChI is InChI=1S/C25H28BrFN4O5S/c1-2-35-25(34)21-18(13-31-8-10-36-20(14-31)19(33)4-3-9-32)29-23(24-28-7-11-37-24)30-22(21)16-6-5-15(27)12-17(16)26/h5-7,11-12,20,22,32H,2-4,8-10,13-14H2,1H3,(H,29,30). The quantitative estimate of drug-likeness (QED) is 0.404. The number of ether oxygens (including phenoxy) is 2. The molecule has 0 radical (unpaired) electrons. The molecule has 1 fully saturated rings. The third-order valence-corrected chi connectivity index (χ3v) is 7.45. The zero-order valence-corrected chi connectivity index (χ0v) is 22.7. The van der Waals surface area contributed by atoms with E-state index in [2.05, 4.69) is 26.2 Å². The topological polar surface area (TPSA) is 113 Å². The third kappa shape index (κ3) is 6.68. The first-order valence-electron chi connectivity index (χ1n) is 12.0. The number of Topliss-reactive ketones (excluding diaryl/α,β-unsaturated/α-hetero) is 1. The predicted molar refractivity (Wildman–Crippen MR) is 140 cm³/mol. The lowest BCUT2D eigenvalue weighted by atomic mass is 9.95. The molecule has 198 valence electrons. The molecule has 1 saturated heterocycles. The number of hydrogen-bond acceptors (Lipinski definition) is 10. The molecular weight excluding hydrogens is 567 g/mol. The van der Waals surface area contributed by atoms with Crippen LogP contribution < -0.4 is 5.32 Å². The highest BCUT2D eigenvalue weighted by Crippen LogP contribution is 2.37. The Labute approximate surface area is 226 Å². The Hall–Kier alpha value is -2.51. The number of halogens is 2. The monoisotopic (exact) mass is 594 g/mol. The van der Waals surface area contributed by atoms with Gasteiger partial charge in [0.2, 0.25) is 0 Å². The molecule has 1 aromatic heterocycles. The number of aliphatic hydroxyl groups is 1. The van der Waals surface area contributed by atoms with Gasteiger partial charge in [-0.3, -0.25) is 14.7 Å². The normalized spacial score (nSPS) is 20.4. The van der Waals surface area contributed by atoms with Gasteiger partial charge in [0.05, 0.1) is 18.8 Å². The molecule has 37 heavy (non-hydrogen) atoms. The second-order valence-electron chi connectivity index (χ2n) is 8.51. The summed E-state index contributed by atoms with van der Waals surface area (Å²) < 4.78 is 25.5. The molecule has 4 rings (SSSR count). The minimum atomic E-state index is -0.771. The van der Waals surface area contributed by atoms with Gasteiger partial charge in [-0.05, 0) is 31.0 Å². The fourth-order valence-electron chi connectivity index (χ4n) is 4.25. The smallest absolute Gasteiger partial charge is 0.338 e. The van der Waals surface area contributed by atoms with Crippen molar-refractivity contribution in [1.82, 2.24) is 15.2 Å². The summed E-state index contributed by atoms with van der Waals surface area (Å²) >= 11 is 4.83. The third-order valence-electron chi connectivity index (χ3n) is 5.99. The van der Waals surface area contributed by atoms with Gasteiger partial charge in [-0.2, -0.15) is 0 Å². The van der Waals surface area contributed by atoms with E-state index in [1.165, 1.54) is 23.5 Å². The van der Waals surface area contributed by atoms with Crippen molar-refractivity contribution in [3.8, 4) is 0 Å². The largest absolute Gasteiger partial charge is 0.463 e. The number of esters is 1. The summed E-state index contributed by atoms with van der Waals surface area (Å²) in [6.07, 6.45) is 1.69. The van der Waals surface area contributed by atoms with Crippen molar-refractivity contribution in [2.24, 2.45) is 4.99 Å². The van der Waals surface area contributed by atoms with Gasteiger partial charge in [0.1, 0.15) is 18.0 Å². The lowest BCUT2D eigenvalue weighted by Gasteiger charge is -2.35. The Morgan fingerprint density at radius 3 is 2.95 bits per heavy atom. The molecule has 2 aliphatic heterocycles. The molecule has 1 aromatic carbocycles. The van der Waals surface area contributed by atoms with Gasteiger partial charge in [-0.25, -0.2) is 14.2 Å². The minimum absolute atomic E-state index is 0.0545. The van der Waals surface area contributed by atoms with Crippen molar-refractivity contribution in [1.29, 1.82) is 0 Å². The van der Waals surface area contributed by atoms with Gasteiger partial charge >= 0.3 is 5.97 Å². The maximum Gasteiger partial charge on any atom is 0.338 e. The van der Waals surface area contributed by atoms with Crippen LogP contribution in [0.1, 0.15) is 36.4 Å². The Balaban J connectivity index is 1.71. The van der Waals surface area contributed by atoms with Crippen molar-refractivity contribution in [2.75, 3.05) is 39.5 Å². The average molecular weight is 595 g/mol. The van der Waals surface area contributed by atoms with Crippen LogP contribution in [0.2, 0.25) is 0 Å². The molecule has 9 nitrogen and oxygen atoms in total. The van der Waals surface area contributed by atoms with Gasteiger partial charge in [0.15, 0.2) is 16.6 Å². The zero-order chi connectivity index (χ0) is 26.4. The van der Waals surface area contributed by atoms with E-state index >= 15 is 0 Å². The number of carbonyl (C=O) groups excluding carboxylic acids is 2. The number of amidine groups is 1. The molecule has 0 spiro atoms. The second kappa shape index (κ2) is 12.8. The summed E-state index contributed by atoms with van der Waals surface area (Å²) in [6, 6.07) is 3.49. The molecule has 0 saturated carbocycles. The Kier molecular flexibility index (Phi) is 9.54. The molecule has 12 heteroatoms. The molecule has 2 unspecified atom stereocenters. The number of carbonyl (C=O) groups is 2. The maximum absolute atomic E-state index is 13.9. The summed E-state index contributed by atoms with van der Waals surface area (Å²) in [7, 11) is 0. The van der Waals surface area contributed by atoms with Crippen LogP contribution in [-0.2, 0) is 19.1 Å². The Morgan fingerprint density at radius 2 is 2.24 bits per heavy atom. The van der Waals surface area contributed by atoms with Crippen LogP contribution >= 0.6 is 27.3 Å². The van der Waals surface area contributed by atoms with E-state index in [-0.39, 0.29) is 25.4 Å². The average Bonchev–Trinajstić information content (AvgIpc) is 3.42. The van der Waals surface area contributed by atoms with E-state index in [0.717, 1.165) is 0 Å². The number of nitrogens with one attached hydrogen (secondary N) is 1. The van der Waals surface area contributed by atoms with Crippen LogP contribution in [0.15, 0.2) is 50.5 Å². The number of nitrogens with zero attached hydrogens (tertiary/aromatic N) is 3. The van der Waals surface area contributed by atoms with E-state index < -0.39 is 23.9 Å². The van der Waals surface area contributed by atoms with Gasteiger partial charge < -0.3 is 19.9 Å². The number of hydrogen-bond donors (Lipinski definition) is 2. The molecule has 2 N–H and O–H groups in total. The van der Waals surface area contributed by atoms with E-state index in [1.54, 1.807) is 19.2 Å². The van der Waals surface area contributed by atoms with Crippen LogP contribution in [-0.4, -0.2) is 78.1 Å². The summed E-state index contributed by atoms with van der Waals surface area (Å²) in [5.74, 6) is -0.519. The molecule has 0 bridgehead atoms. The predicted octanol–water partition coefficient (Wildman–Crippen LogP) is 3.00. The van der Waals surface area contributed by atoms with Crippen LogP contribution in [0.25, 0.3) is 0 Å². The number of aliphatic hydroxyl groups excluding tert-OH is 1. The number of benzene rings is 1. The van der Waals surface area contributed by atoms with Crippen LogP contribution in [0.5, 0.6) is 0 Å². The molecule has 2 atom stereocenters. The van der Waals surface area contributed by atoms with Gasteiger partial charge in [-0.1, -0.05) is 22.0 Å². The number of ketones is 1. The lowest BCUT2D eigenvalue weighted by molar-refractivity contribution is -0.139. The van der Waals surface area contributed by atoms with Gasteiger partial charge in [-0.15, -0.1) is 11.3 Å². The first-order valence-corrected chi connectivity index (χ1v) is 13.7. The maximum atomic E-state index is 13.9. The summed E-state index contributed by atoms with van der Waals surface area (Å²) in [5, 5.41) is 14.8. The summed E-state index contributed by atoms with van der Waals surface area (Å²) in [5.41, 5.74) is 1.49. The summed E-state index contributed by atoms with van der Waals surface area (Å²) in [4.78, 5) is 37.0. The van der Waals surface area contributed by atoms with E-state index in [1.807, 2.05) is 10.3 Å². The number of rotatable bonds is 10. The van der Waals surface area contributed by atoms with Crippen LogP contribution in [0.4, 0.5) is 4.39 Å². The molecule has 2 aliphatic rings. The van der Waals surface area contributed by atoms with E-state index in [4.69, 9.17) is 19.6 Å². The van der Waals surface area contributed by atoms with Crippen molar-refractivity contribution >= 4 is 44.9 Å². The fourth-order valence-corrected chi connectivity index (χ4v) is 5.40. The first-order chi connectivity index (χ1) is 17.9. The van der Waals surface area contributed by atoms with Gasteiger partial charge in [0, 0.05) is 54.4 Å². The molecule has 2 aromatic rings. The van der Waals surface area contributed by atoms with Crippen molar-refractivity contribution in [3.63, 3.8) is 0 Å². The zero-order valence-electron chi connectivity index (χ0n) is 20.3. The molecule has 0 aliphatic carbocycles. The van der Waals surface area contributed by atoms with Crippen LogP contribution in [0.3, 0.4) is 0 Å². The first kappa shape index (κ1) is 27.5. The highest BCUT2D eigenvalue weighted by atomic mass is 79.9. The number of aliphatic imine (C=N–C) groups is 1. The van der Waals surface area contributed by atoms with Crippen molar-refractivity contribution < 1.29 is 28.6 Å². The highest BCUT2D eigenvalue weighted by molar-refractivity contribution is 9.10.